The SMILES string of the molecule is COc1ccc(NC(=O)/C(C#N)=C\Nc2ccc(Br)c(C)c2)cc1Cl. The van der Waals surface area contributed by atoms with Crippen molar-refractivity contribution in [3.05, 3.63) is 63.2 Å². The van der Waals surface area contributed by atoms with Crippen molar-refractivity contribution in [1.29, 1.82) is 5.26 Å². The van der Waals surface area contributed by atoms with E-state index in [0.29, 0.717) is 16.5 Å². The number of ether oxygens (including phenoxy) is 1. The molecule has 0 atom stereocenters. The molecule has 0 aromatic heterocycles. The number of methoxy groups -OCH3 is 1. The summed E-state index contributed by atoms with van der Waals surface area (Å²) in [6.45, 7) is 1.95. The van der Waals surface area contributed by atoms with Gasteiger partial charge in [-0.2, -0.15) is 5.26 Å². The second kappa shape index (κ2) is 8.56. The molecular weight excluding hydrogens is 406 g/mol. The minimum Gasteiger partial charge on any atom is -0.495 e. The fourth-order valence-electron chi connectivity index (χ4n) is 1.98. The van der Waals surface area contributed by atoms with Gasteiger partial charge in [0.05, 0.1) is 12.1 Å². The van der Waals surface area contributed by atoms with Crippen LogP contribution in [0.25, 0.3) is 0 Å². The lowest BCUT2D eigenvalue weighted by Gasteiger charge is -2.08. The molecule has 0 heterocycles. The van der Waals surface area contributed by atoms with Crippen molar-refractivity contribution in [2.75, 3.05) is 17.7 Å². The van der Waals surface area contributed by atoms with Crippen molar-refractivity contribution in [3.8, 4) is 11.8 Å². The van der Waals surface area contributed by atoms with Gasteiger partial charge in [0, 0.05) is 22.0 Å². The summed E-state index contributed by atoms with van der Waals surface area (Å²) in [6, 6.07) is 12.3. The molecule has 0 aliphatic heterocycles. The summed E-state index contributed by atoms with van der Waals surface area (Å²) in [4.78, 5) is 12.2. The molecule has 0 saturated carbocycles. The number of hydrogen-bond acceptors (Lipinski definition) is 4. The van der Waals surface area contributed by atoms with Crippen LogP contribution < -0.4 is 15.4 Å². The second-order valence-electron chi connectivity index (χ2n) is 5.08. The number of rotatable bonds is 5. The minimum atomic E-state index is -0.537. The number of amides is 1. The van der Waals surface area contributed by atoms with E-state index in [1.54, 1.807) is 18.2 Å². The highest BCUT2D eigenvalue weighted by Crippen LogP contribution is 2.27. The number of nitrogens with zero attached hydrogens (tertiary/aromatic N) is 1. The van der Waals surface area contributed by atoms with Crippen molar-refractivity contribution in [3.63, 3.8) is 0 Å². The van der Waals surface area contributed by atoms with Gasteiger partial charge < -0.3 is 15.4 Å². The summed E-state index contributed by atoms with van der Waals surface area (Å²) >= 11 is 9.44. The van der Waals surface area contributed by atoms with E-state index in [0.717, 1.165) is 15.7 Å². The summed E-state index contributed by atoms with van der Waals surface area (Å²) in [5, 5.41) is 15.2. The summed E-state index contributed by atoms with van der Waals surface area (Å²) in [6.07, 6.45) is 1.36. The maximum Gasteiger partial charge on any atom is 0.267 e. The Morgan fingerprint density at radius 2 is 2.00 bits per heavy atom. The van der Waals surface area contributed by atoms with E-state index in [4.69, 9.17) is 16.3 Å². The van der Waals surface area contributed by atoms with Crippen molar-refractivity contribution < 1.29 is 9.53 Å². The van der Waals surface area contributed by atoms with Gasteiger partial charge in [-0.1, -0.05) is 27.5 Å². The Kier molecular flexibility index (Phi) is 6.45. The maximum atomic E-state index is 12.2. The highest BCUT2D eigenvalue weighted by Gasteiger charge is 2.11. The van der Waals surface area contributed by atoms with Crippen molar-refractivity contribution in [2.45, 2.75) is 6.92 Å². The number of anilines is 2. The zero-order valence-electron chi connectivity index (χ0n) is 13.6. The van der Waals surface area contributed by atoms with Crippen molar-refractivity contribution in [1.82, 2.24) is 0 Å². The first-order valence-corrected chi connectivity index (χ1v) is 8.39. The van der Waals surface area contributed by atoms with Crippen molar-refractivity contribution in [2.24, 2.45) is 0 Å². The predicted molar refractivity (Wildman–Crippen MR) is 103 cm³/mol. The van der Waals surface area contributed by atoms with E-state index in [1.165, 1.54) is 13.3 Å². The van der Waals surface area contributed by atoms with Crippen LogP contribution in [0.4, 0.5) is 11.4 Å². The number of halogens is 2. The van der Waals surface area contributed by atoms with E-state index in [1.807, 2.05) is 31.2 Å². The molecule has 0 radical (unpaired) electrons. The smallest absolute Gasteiger partial charge is 0.267 e. The van der Waals surface area contributed by atoms with Gasteiger partial charge in [0.1, 0.15) is 17.4 Å². The van der Waals surface area contributed by atoms with Gasteiger partial charge in [-0.25, -0.2) is 0 Å². The van der Waals surface area contributed by atoms with Crippen molar-refractivity contribution >= 4 is 44.8 Å². The molecule has 0 aliphatic rings. The third-order valence-electron chi connectivity index (χ3n) is 3.32. The third kappa shape index (κ3) is 4.99. The molecule has 0 spiro atoms. The second-order valence-corrected chi connectivity index (χ2v) is 6.34. The van der Waals surface area contributed by atoms with Gasteiger partial charge in [-0.15, -0.1) is 0 Å². The van der Waals surface area contributed by atoms with Gasteiger partial charge in [0.25, 0.3) is 5.91 Å². The Labute approximate surface area is 159 Å². The molecule has 0 unspecified atom stereocenters. The maximum absolute atomic E-state index is 12.2. The number of aryl methyl sites for hydroxylation is 1. The molecule has 2 aromatic carbocycles. The third-order valence-corrected chi connectivity index (χ3v) is 4.50. The first-order chi connectivity index (χ1) is 11.9. The molecule has 7 heteroatoms. The number of benzene rings is 2. The van der Waals surface area contributed by atoms with E-state index >= 15 is 0 Å². The number of hydrogen-bond donors (Lipinski definition) is 2. The highest BCUT2D eigenvalue weighted by atomic mass is 79.9. The Bertz CT molecular complexity index is 875. The van der Waals surface area contributed by atoms with Crippen LogP contribution in [-0.2, 0) is 4.79 Å². The van der Waals surface area contributed by atoms with Crippen LogP contribution >= 0.6 is 27.5 Å². The first-order valence-electron chi connectivity index (χ1n) is 7.22. The zero-order chi connectivity index (χ0) is 18.4. The molecule has 2 rings (SSSR count). The number of nitrogens with one attached hydrogen (secondary N) is 2. The van der Waals surface area contributed by atoms with Gasteiger partial charge in [0.2, 0.25) is 0 Å². The summed E-state index contributed by atoms with van der Waals surface area (Å²) < 4.78 is 6.04. The number of nitriles is 1. The molecular formula is C18H15BrClN3O2. The topological polar surface area (TPSA) is 74.1 Å². The standard InChI is InChI=1S/C18H15BrClN3O2/c1-11-7-13(3-5-15(11)19)22-10-12(9-21)18(24)23-14-4-6-17(25-2)16(20)8-14/h3-8,10,22H,1-2H3,(H,23,24)/b12-10-. The van der Waals surface area contributed by atoms with Gasteiger partial charge in [-0.05, 0) is 48.9 Å². The normalized spacial score (nSPS) is 10.8. The predicted octanol–water partition coefficient (Wildman–Crippen LogP) is 4.88. The summed E-state index contributed by atoms with van der Waals surface area (Å²) in [5.41, 5.74) is 2.21. The Morgan fingerprint density at radius 1 is 1.28 bits per heavy atom. The van der Waals surface area contributed by atoms with Crippen LogP contribution in [0.15, 0.2) is 52.6 Å². The van der Waals surface area contributed by atoms with Crippen LogP contribution in [0.5, 0.6) is 5.75 Å². The van der Waals surface area contributed by atoms with E-state index in [-0.39, 0.29) is 5.57 Å². The molecule has 128 valence electrons. The monoisotopic (exact) mass is 419 g/mol. The molecule has 25 heavy (non-hydrogen) atoms. The van der Waals surface area contributed by atoms with Gasteiger partial charge >= 0.3 is 0 Å². The lowest BCUT2D eigenvalue weighted by molar-refractivity contribution is -0.112. The number of carbonyl (C=O) groups is 1. The average molecular weight is 421 g/mol. The van der Waals surface area contributed by atoms with Gasteiger partial charge in [-0.3, -0.25) is 4.79 Å². The van der Waals surface area contributed by atoms with Crippen LogP contribution in [-0.4, -0.2) is 13.0 Å². The molecule has 0 fully saturated rings. The molecule has 1 amide bonds. The molecule has 0 bridgehead atoms. The Hall–Kier alpha value is -2.49. The summed E-state index contributed by atoms with van der Waals surface area (Å²) in [7, 11) is 1.51. The number of carbonyl (C=O) groups excluding carboxylic acids is 1. The average Bonchev–Trinajstić information content (AvgIpc) is 2.58. The first kappa shape index (κ1) is 18.8. The van der Waals surface area contributed by atoms with E-state index < -0.39 is 5.91 Å². The van der Waals surface area contributed by atoms with Crippen LogP contribution in [0.3, 0.4) is 0 Å². The Morgan fingerprint density at radius 3 is 2.60 bits per heavy atom. The molecule has 0 aliphatic carbocycles. The van der Waals surface area contributed by atoms with Crippen LogP contribution in [0.1, 0.15) is 5.56 Å². The van der Waals surface area contributed by atoms with E-state index in [2.05, 4.69) is 26.6 Å². The largest absolute Gasteiger partial charge is 0.495 e. The Balaban J connectivity index is 2.11. The minimum absolute atomic E-state index is 0.0625. The molecule has 2 N–H and O–H groups in total. The highest BCUT2D eigenvalue weighted by molar-refractivity contribution is 9.10. The van der Waals surface area contributed by atoms with E-state index in [9.17, 15) is 10.1 Å². The molecule has 0 saturated heterocycles. The fraction of sp³-hybridized carbons (Fsp3) is 0.111. The zero-order valence-corrected chi connectivity index (χ0v) is 15.9. The quantitative estimate of drug-likeness (QED) is 0.534. The lowest BCUT2D eigenvalue weighted by atomic mass is 10.2. The van der Waals surface area contributed by atoms with Crippen LogP contribution in [0.2, 0.25) is 5.02 Å². The van der Waals surface area contributed by atoms with Gasteiger partial charge in [0.15, 0.2) is 0 Å². The lowest BCUT2D eigenvalue weighted by Crippen LogP contribution is -2.14. The fourth-order valence-corrected chi connectivity index (χ4v) is 2.49. The van der Waals surface area contributed by atoms with Crippen LogP contribution in [0, 0.1) is 18.3 Å². The molecule has 2 aromatic rings. The molecule has 5 nitrogen and oxygen atoms in total. The summed E-state index contributed by atoms with van der Waals surface area (Å²) in [5.74, 6) is -0.0342.